The van der Waals surface area contributed by atoms with E-state index in [1.54, 1.807) is 0 Å². The normalized spacial score (nSPS) is 7.64. The van der Waals surface area contributed by atoms with E-state index in [0.29, 0.717) is 6.54 Å². The average Bonchev–Trinajstić information content (AvgIpc) is 2.08. The summed E-state index contributed by atoms with van der Waals surface area (Å²) < 4.78 is 4.32. The molecule has 0 aliphatic heterocycles. The van der Waals surface area contributed by atoms with E-state index in [9.17, 15) is 4.79 Å². The van der Waals surface area contributed by atoms with E-state index in [0.717, 1.165) is 6.54 Å². The van der Waals surface area contributed by atoms with Crippen molar-refractivity contribution in [3.8, 4) is 0 Å². The Morgan fingerprint density at radius 3 is 2.27 bits per heavy atom. The monoisotopic (exact) mass is 162 g/mol. The van der Waals surface area contributed by atoms with Gasteiger partial charge >= 0.3 is 6.09 Å². The second-order valence-corrected chi connectivity index (χ2v) is 1.52. The molecular formula is C7H18N2O2. The summed E-state index contributed by atoms with van der Waals surface area (Å²) in [7, 11) is 3.16. The Bertz CT molecular complexity index is 86.5. The van der Waals surface area contributed by atoms with Gasteiger partial charge in [0.2, 0.25) is 0 Å². The molecule has 0 aliphatic rings. The number of carbonyl (C=O) groups is 1. The van der Waals surface area contributed by atoms with Crippen LogP contribution in [0.2, 0.25) is 0 Å². The van der Waals surface area contributed by atoms with Gasteiger partial charge < -0.3 is 15.4 Å². The van der Waals surface area contributed by atoms with Crippen molar-refractivity contribution in [2.75, 3.05) is 27.2 Å². The highest BCUT2D eigenvalue weighted by molar-refractivity contribution is 5.66. The molecule has 4 nitrogen and oxygen atoms in total. The van der Waals surface area contributed by atoms with E-state index in [1.165, 1.54) is 7.11 Å². The van der Waals surface area contributed by atoms with Gasteiger partial charge in [-0.1, -0.05) is 13.8 Å². The predicted molar refractivity (Wildman–Crippen MR) is 45.7 cm³/mol. The first-order chi connectivity index (χ1) is 5.31. The van der Waals surface area contributed by atoms with Crippen LogP contribution in [0.4, 0.5) is 4.79 Å². The van der Waals surface area contributed by atoms with Crippen LogP contribution in [0.5, 0.6) is 0 Å². The minimum atomic E-state index is -0.384. The summed E-state index contributed by atoms with van der Waals surface area (Å²) in [6, 6.07) is 0. The summed E-state index contributed by atoms with van der Waals surface area (Å²) in [5.74, 6) is 0. The molecule has 0 aliphatic carbocycles. The number of ether oxygens (including phenoxy) is 1. The summed E-state index contributed by atoms with van der Waals surface area (Å²) >= 11 is 0. The number of carbonyl (C=O) groups excluding carboxylic acids is 1. The third-order valence-corrected chi connectivity index (χ3v) is 0.830. The van der Waals surface area contributed by atoms with Crippen molar-refractivity contribution >= 4 is 6.09 Å². The number of methoxy groups -OCH3 is 1. The Morgan fingerprint density at radius 2 is 1.91 bits per heavy atom. The molecule has 68 valence electrons. The zero-order chi connectivity index (χ0) is 9.11. The number of alkyl carbamates (subject to hydrolysis) is 1. The van der Waals surface area contributed by atoms with Crippen LogP contribution in [0.15, 0.2) is 0 Å². The molecule has 0 saturated carbocycles. The predicted octanol–water partition coefficient (Wildman–Crippen LogP) is 0.588. The molecule has 0 aromatic carbocycles. The molecule has 11 heavy (non-hydrogen) atoms. The van der Waals surface area contributed by atoms with Crippen molar-refractivity contribution < 1.29 is 9.53 Å². The maximum Gasteiger partial charge on any atom is 0.406 e. The molecule has 0 atom stereocenters. The second kappa shape index (κ2) is 12.0. The van der Waals surface area contributed by atoms with Gasteiger partial charge in [-0.05, 0) is 7.05 Å². The largest absolute Gasteiger partial charge is 0.453 e. The van der Waals surface area contributed by atoms with Crippen LogP contribution in [-0.4, -0.2) is 33.3 Å². The minimum absolute atomic E-state index is 0.384. The lowest BCUT2D eigenvalue weighted by atomic mass is 10.6. The van der Waals surface area contributed by atoms with Crippen molar-refractivity contribution in [2.24, 2.45) is 0 Å². The van der Waals surface area contributed by atoms with Crippen molar-refractivity contribution in [1.82, 2.24) is 10.6 Å². The highest BCUT2D eigenvalue weighted by atomic mass is 16.5. The lowest BCUT2D eigenvalue weighted by Gasteiger charge is -2.00. The van der Waals surface area contributed by atoms with Gasteiger partial charge in [0, 0.05) is 13.1 Å². The third-order valence-electron chi connectivity index (χ3n) is 0.830. The van der Waals surface area contributed by atoms with E-state index in [4.69, 9.17) is 0 Å². The number of likely N-dealkylation sites (N-methyl/N-ethyl adjacent to an activating group) is 1. The van der Waals surface area contributed by atoms with E-state index in [2.05, 4.69) is 15.4 Å². The molecular weight excluding hydrogens is 144 g/mol. The molecule has 0 spiro atoms. The summed E-state index contributed by atoms with van der Waals surface area (Å²) in [6.45, 7) is 5.36. The molecule has 1 amide bonds. The van der Waals surface area contributed by atoms with Gasteiger partial charge in [-0.25, -0.2) is 4.79 Å². The Kier molecular flexibility index (Phi) is 14.0. The van der Waals surface area contributed by atoms with Gasteiger partial charge in [-0.15, -0.1) is 0 Å². The van der Waals surface area contributed by atoms with Gasteiger partial charge in [0.05, 0.1) is 7.11 Å². The fourth-order valence-corrected chi connectivity index (χ4v) is 0.362. The molecule has 0 heterocycles. The van der Waals surface area contributed by atoms with Crippen LogP contribution in [0.1, 0.15) is 13.8 Å². The number of hydrogen-bond acceptors (Lipinski definition) is 3. The topological polar surface area (TPSA) is 50.4 Å². The van der Waals surface area contributed by atoms with Crippen LogP contribution in [0.25, 0.3) is 0 Å². The standard InChI is InChI=1S/C5H12N2O2.C2H6/c1-6-3-4-7-5(8)9-2;1-2/h6H,3-4H2,1-2H3,(H,7,8);1-2H3. The van der Waals surface area contributed by atoms with Crippen molar-refractivity contribution in [1.29, 1.82) is 0 Å². The molecule has 0 bridgehead atoms. The molecule has 0 rings (SSSR count). The van der Waals surface area contributed by atoms with E-state index < -0.39 is 0 Å². The Hall–Kier alpha value is -0.770. The molecule has 0 saturated heterocycles. The number of hydrogen-bond donors (Lipinski definition) is 2. The summed E-state index contributed by atoms with van der Waals surface area (Å²) in [5.41, 5.74) is 0. The smallest absolute Gasteiger partial charge is 0.406 e. The third kappa shape index (κ3) is 12.4. The highest BCUT2D eigenvalue weighted by Gasteiger charge is 1.93. The summed E-state index contributed by atoms with van der Waals surface area (Å²) in [4.78, 5) is 10.3. The Labute approximate surface area is 68.3 Å². The van der Waals surface area contributed by atoms with Crippen molar-refractivity contribution in [2.45, 2.75) is 13.8 Å². The molecule has 0 aromatic heterocycles. The van der Waals surface area contributed by atoms with E-state index in [-0.39, 0.29) is 6.09 Å². The average molecular weight is 162 g/mol. The summed E-state index contributed by atoms with van der Waals surface area (Å²) in [5, 5.41) is 5.39. The molecule has 0 unspecified atom stereocenters. The van der Waals surface area contributed by atoms with Crippen LogP contribution in [0, 0.1) is 0 Å². The number of amides is 1. The highest BCUT2D eigenvalue weighted by Crippen LogP contribution is 1.67. The van der Waals surface area contributed by atoms with Gasteiger partial charge in [-0.3, -0.25) is 0 Å². The van der Waals surface area contributed by atoms with Gasteiger partial charge in [0.15, 0.2) is 0 Å². The maximum absolute atomic E-state index is 10.3. The first-order valence-corrected chi connectivity index (χ1v) is 3.77. The quantitative estimate of drug-likeness (QED) is 0.597. The second-order valence-electron chi connectivity index (χ2n) is 1.52. The van der Waals surface area contributed by atoms with Crippen molar-refractivity contribution in [3.63, 3.8) is 0 Å². The van der Waals surface area contributed by atoms with E-state index in [1.807, 2.05) is 20.9 Å². The maximum atomic E-state index is 10.3. The first kappa shape index (κ1) is 12.9. The zero-order valence-corrected chi connectivity index (χ0v) is 7.73. The van der Waals surface area contributed by atoms with Crippen LogP contribution >= 0.6 is 0 Å². The fourth-order valence-electron chi connectivity index (χ4n) is 0.362. The first-order valence-electron chi connectivity index (χ1n) is 3.77. The zero-order valence-electron chi connectivity index (χ0n) is 7.73. The molecule has 0 aromatic rings. The Balaban J connectivity index is 0. The number of rotatable bonds is 3. The van der Waals surface area contributed by atoms with Crippen molar-refractivity contribution in [3.05, 3.63) is 0 Å². The van der Waals surface area contributed by atoms with Gasteiger partial charge in [-0.2, -0.15) is 0 Å². The van der Waals surface area contributed by atoms with Crippen LogP contribution in [-0.2, 0) is 4.74 Å². The molecule has 0 radical (unpaired) electrons. The fraction of sp³-hybridized carbons (Fsp3) is 0.857. The SMILES string of the molecule is CC.CNCCNC(=O)OC. The number of nitrogens with one attached hydrogen (secondary N) is 2. The summed E-state index contributed by atoms with van der Waals surface area (Å²) in [6.07, 6.45) is -0.384. The van der Waals surface area contributed by atoms with Crippen LogP contribution < -0.4 is 10.6 Å². The lowest BCUT2D eigenvalue weighted by molar-refractivity contribution is 0.171. The van der Waals surface area contributed by atoms with E-state index >= 15 is 0 Å². The molecule has 2 N–H and O–H groups in total. The minimum Gasteiger partial charge on any atom is -0.453 e. The van der Waals surface area contributed by atoms with Crippen LogP contribution in [0.3, 0.4) is 0 Å². The molecule has 0 fully saturated rings. The van der Waals surface area contributed by atoms with Gasteiger partial charge in [0.25, 0.3) is 0 Å². The lowest BCUT2D eigenvalue weighted by Crippen LogP contribution is -2.30. The Morgan fingerprint density at radius 1 is 1.36 bits per heavy atom. The molecule has 4 heteroatoms. The van der Waals surface area contributed by atoms with Gasteiger partial charge in [0.1, 0.15) is 0 Å².